The average Bonchev–Trinajstić information content (AvgIpc) is 3.20. The molecule has 2 saturated carbocycles. The van der Waals surface area contributed by atoms with Crippen molar-refractivity contribution in [2.45, 2.75) is 76.9 Å². The highest BCUT2D eigenvalue weighted by atomic mass is 16.5. The van der Waals surface area contributed by atoms with Crippen LogP contribution in [0.15, 0.2) is 0 Å². The van der Waals surface area contributed by atoms with Gasteiger partial charge in [-0.25, -0.2) is 0 Å². The number of hydrogen-bond donors (Lipinski definition) is 1. The van der Waals surface area contributed by atoms with E-state index in [-0.39, 0.29) is 5.60 Å². The first-order valence-electron chi connectivity index (χ1n) is 7.98. The molecule has 0 amide bonds. The quantitative estimate of drug-likeness (QED) is 0.746. The van der Waals surface area contributed by atoms with Gasteiger partial charge in [0.1, 0.15) is 0 Å². The summed E-state index contributed by atoms with van der Waals surface area (Å²) < 4.78 is 6.03. The average molecular weight is 253 g/mol. The molecule has 0 aromatic carbocycles. The van der Waals surface area contributed by atoms with Gasteiger partial charge in [-0.15, -0.1) is 0 Å². The third-order valence-corrected chi connectivity index (χ3v) is 5.17. The molecule has 2 rings (SSSR count). The molecule has 2 aliphatic carbocycles. The molecule has 0 aromatic rings. The fraction of sp³-hybridized carbons (Fsp3) is 1.00. The van der Waals surface area contributed by atoms with E-state index in [1.807, 2.05) is 7.11 Å². The Hall–Kier alpha value is -0.0800. The Labute approximate surface area is 113 Å². The standard InChI is InChI=1S/C16H31NO/c1-4-17-15(8-7-14-5-6-14)16(18-3)11-9-13(2)10-12-16/h13-15,17H,4-12H2,1-3H3. The van der Waals surface area contributed by atoms with Crippen LogP contribution in [0.5, 0.6) is 0 Å². The Balaban J connectivity index is 1.94. The lowest BCUT2D eigenvalue weighted by atomic mass is 9.74. The Morgan fingerprint density at radius 1 is 1.22 bits per heavy atom. The molecule has 106 valence electrons. The van der Waals surface area contributed by atoms with Crippen LogP contribution in [0.3, 0.4) is 0 Å². The van der Waals surface area contributed by atoms with Gasteiger partial charge in [-0.3, -0.25) is 0 Å². The highest BCUT2D eigenvalue weighted by molar-refractivity contribution is 4.97. The van der Waals surface area contributed by atoms with E-state index in [1.54, 1.807) is 0 Å². The molecule has 2 heteroatoms. The molecule has 1 N–H and O–H groups in total. The van der Waals surface area contributed by atoms with Gasteiger partial charge in [0.15, 0.2) is 0 Å². The van der Waals surface area contributed by atoms with Crippen molar-refractivity contribution in [3.63, 3.8) is 0 Å². The molecule has 2 aliphatic rings. The Bertz CT molecular complexity index is 241. The fourth-order valence-electron chi connectivity index (χ4n) is 3.55. The topological polar surface area (TPSA) is 21.3 Å². The number of rotatable bonds is 7. The number of hydrogen-bond acceptors (Lipinski definition) is 2. The van der Waals surface area contributed by atoms with Crippen molar-refractivity contribution in [1.82, 2.24) is 5.32 Å². The summed E-state index contributed by atoms with van der Waals surface area (Å²) >= 11 is 0. The first kappa shape index (κ1) is 14.3. The zero-order valence-corrected chi connectivity index (χ0v) is 12.5. The van der Waals surface area contributed by atoms with Gasteiger partial charge in [0.05, 0.1) is 5.60 Å². The van der Waals surface area contributed by atoms with E-state index in [2.05, 4.69) is 19.2 Å². The molecule has 2 fully saturated rings. The zero-order chi connectivity index (χ0) is 13.0. The minimum atomic E-state index is 0.122. The Morgan fingerprint density at radius 2 is 1.89 bits per heavy atom. The molecular formula is C16H31NO. The van der Waals surface area contributed by atoms with E-state index in [0.29, 0.717) is 6.04 Å². The second-order valence-electron chi connectivity index (χ2n) is 6.58. The fourth-order valence-corrected chi connectivity index (χ4v) is 3.55. The summed E-state index contributed by atoms with van der Waals surface area (Å²) in [5.74, 6) is 1.92. The molecule has 0 spiro atoms. The smallest absolute Gasteiger partial charge is 0.0831 e. The maximum Gasteiger partial charge on any atom is 0.0831 e. The van der Waals surface area contributed by atoms with Crippen molar-refractivity contribution in [3.8, 4) is 0 Å². The second kappa shape index (κ2) is 6.38. The normalized spacial score (nSPS) is 34.5. The van der Waals surface area contributed by atoms with Gasteiger partial charge < -0.3 is 10.1 Å². The van der Waals surface area contributed by atoms with E-state index in [0.717, 1.165) is 18.4 Å². The van der Waals surface area contributed by atoms with Crippen LogP contribution in [0.2, 0.25) is 0 Å². The molecule has 0 bridgehead atoms. The maximum absolute atomic E-state index is 6.03. The molecule has 0 radical (unpaired) electrons. The van der Waals surface area contributed by atoms with Crippen LogP contribution >= 0.6 is 0 Å². The third-order valence-electron chi connectivity index (χ3n) is 5.17. The van der Waals surface area contributed by atoms with Crippen LogP contribution in [0.25, 0.3) is 0 Å². The molecule has 0 aromatic heterocycles. The van der Waals surface area contributed by atoms with Crippen molar-refractivity contribution in [3.05, 3.63) is 0 Å². The lowest BCUT2D eigenvalue weighted by Gasteiger charge is -2.44. The predicted molar refractivity (Wildman–Crippen MR) is 76.8 cm³/mol. The maximum atomic E-state index is 6.03. The van der Waals surface area contributed by atoms with Crippen LogP contribution in [0, 0.1) is 11.8 Å². The van der Waals surface area contributed by atoms with Gasteiger partial charge in [-0.2, -0.15) is 0 Å². The highest BCUT2D eigenvalue weighted by Crippen LogP contribution is 2.40. The Kier molecular flexibility index (Phi) is 5.08. The molecule has 2 nitrogen and oxygen atoms in total. The third kappa shape index (κ3) is 3.48. The monoisotopic (exact) mass is 253 g/mol. The SMILES string of the molecule is CCNC(CCC1CC1)C1(OC)CCC(C)CC1. The van der Waals surface area contributed by atoms with E-state index in [9.17, 15) is 0 Å². The zero-order valence-electron chi connectivity index (χ0n) is 12.5. The van der Waals surface area contributed by atoms with Crippen molar-refractivity contribution >= 4 is 0 Å². The highest BCUT2D eigenvalue weighted by Gasteiger charge is 2.41. The van der Waals surface area contributed by atoms with Gasteiger partial charge in [0.2, 0.25) is 0 Å². The van der Waals surface area contributed by atoms with Crippen LogP contribution in [-0.4, -0.2) is 25.3 Å². The first-order chi connectivity index (χ1) is 8.70. The van der Waals surface area contributed by atoms with Gasteiger partial charge >= 0.3 is 0 Å². The second-order valence-corrected chi connectivity index (χ2v) is 6.58. The van der Waals surface area contributed by atoms with Gasteiger partial charge in [0, 0.05) is 13.2 Å². The summed E-state index contributed by atoms with van der Waals surface area (Å²) in [4.78, 5) is 0. The summed E-state index contributed by atoms with van der Waals surface area (Å²) in [6.45, 7) is 5.67. The predicted octanol–water partition coefficient (Wildman–Crippen LogP) is 3.75. The van der Waals surface area contributed by atoms with Crippen LogP contribution < -0.4 is 5.32 Å². The lowest BCUT2D eigenvalue weighted by Crippen LogP contribution is -2.53. The molecule has 18 heavy (non-hydrogen) atoms. The van der Waals surface area contributed by atoms with Crippen LogP contribution in [-0.2, 0) is 4.74 Å². The number of likely N-dealkylation sites (N-methyl/N-ethyl adjacent to an activating group) is 1. The van der Waals surface area contributed by atoms with Crippen molar-refractivity contribution in [1.29, 1.82) is 0 Å². The summed E-state index contributed by atoms with van der Waals surface area (Å²) in [5, 5.41) is 3.72. The summed E-state index contributed by atoms with van der Waals surface area (Å²) in [7, 11) is 1.93. The molecular weight excluding hydrogens is 222 g/mol. The molecule has 0 aliphatic heterocycles. The van der Waals surface area contributed by atoms with E-state index < -0.39 is 0 Å². The number of methoxy groups -OCH3 is 1. The van der Waals surface area contributed by atoms with Crippen molar-refractivity contribution < 1.29 is 4.74 Å². The molecule has 0 saturated heterocycles. The minimum Gasteiger partial charge on any atom is -0.377 e. The lowest BCUT2D eigenvalue weighted by molar-refractivity contribution is -0.0767. The summed E-state index contributed by atoms with van der Waals surface area (Å²) in [6.07, 6.45) is 10.8. The van der Waals surface area contributed by atoms with Gasteiger partial charge in [-0.05, 0) is 56.9 Å². The van der Waals surface area contributed by atoms with Gasteiger partial charge in [0.25, 0.3) is 0 Å². The van der Waals surface area contributed by atoms with Crippen LogP contribution in [0.4, 0.5) is 0 Å². The van der Waals surface area contributed by atoms with Crippen molar-refractivity contribution in [2.24, 2.45) is 11.8 Å². The molecule has 1 atom stereocenters. The largest absolute Gasteiger partial charge is 0.377 e. The first-order valence-corrected chi connectivity index (χ1v) is 7.98. The van der Waals surface area contributed by atoms with Crippen molar-refractivity contribution in [2.75, 3.05) is 13.7 Å². The number of ether oxygens (including phenoxy) is 1. The molecule has 1 unspecified atom stereocenters. The van der Waals surface area contributed by atoms with E-state index in [1.165, 1.54) is 51.4 Å². The molecule has 0 heterocycles. The summed E-state index contributed by atoms with van der Waals surface area (Å²) in [5.41, 5.74) is 0.122. The van der Waals surface area contributed by atoms with E-state index >= 15 is 0 Å². The number of nitrogens with one attached hydrogen (secondary N) is 1. The minimum absolute atomic E-state index is 0.122. The van der Waals surface area contributed by atoms with Gasteiger partial charge in [-0.1, -0.05) is 26.7 Å². The van der Waals surface area contributed by atoms with Crippen LogP contribution in [0.1, 0.15) is 65.2 Å². The summed E-state index contributed by atoms with van der Waals surface area (Å²) in [6, 6.07) is 0.570. The van der Waals surface area contributed by atoms with E-state index in [4.69, 9.17) is 4.74 Å². The Morgan fingerprint density at radius 3 is 2.39 bits per heavy atom.